The number of anilines is 3. The molecular formula is C65H57NS. The molecule has 9 aromatic rings. The quantitative estimate of drug-likeness (QED) is 0.166. The summed E-state index contributed by atoms with van der Waals surface area (Å²) in [5.74, 6) is 3.68. The summed E-state index contributed by atoms with van der Waals surface area (Å²) in [6.07, 6.45) is 5.49. The van der Waals surface area contributed by atoms with Gasteiger partial charge in [-0.2, -0.15) is 0 Å². The Hall–Kier alpha value is -6.22. The molecule has 0 amide bonds. The largest absolute Gasteiger partial charge is 0.310 e. The topological polar surface area (TPSA) is 3.24 Å². The van der Waals surface area contributed by atoms with Crippen LogP contribution >= 0.6 is 11.3 Å². The Morgan fingerprint density at radius 2 is 1.03 bits per heavy atom. The normalized spacial score (nSPS) is 24.4. The maximum absolute atomic E-state index is 2.65. The van der Waals surface area contributed by atoms with Gasteiger partial charge in [0.05, 0.1) is 0 Å². The zero-order valence-corrected chi connectivity index (χ0v) is 40.1. The molecule has 8 aromatic carbocycles. The summed E-state index contributed by atoms with van der Waals surface area (Å²) in [6.45, 7) is 12.4. The molecule has 0 saturated heterocycles. The summed E-state index contributed by atoms with van der Waals surface area (Å²) < 4.78 is 2.67. The molecule has 5 aliphatic carbocycles. The van der Waals surface area contributed by atoms with E-state index in [0.29, 0.717) is 5.92 Å². The van der Waals surface area contributed by atoms with Gasteiger partial charge in [0.25, 0.3) is 0 Å². The number of fused-ring (bicyclic) bond motifs is 8. The summed E-state index contributed by atoms with van der Waals surface area (Å²) in [5.41, 5.74) is 20.5. The minimum Gasteiger partial charge on any atom is -0.310 e. The number of thiophene rings is 1. The van der Waals surface area contributed by atoms with Crippen molar-refractivity contribution in [2.75, 3.05) is 4.90 Å². The van der Waals surface area contributed by atoms with Crippen molar-refractivity contribution in [2.24, 2.45) is 23.7 Å². The van der Waals surface area contributed by atoms with Crippen LogP contribution in [0.1, 0.15) is 99.6 Å². The Morgan fingerprint density at radius 3 is 1.82 bits per heavy atom. The van der Waals surface area contributed by atoms with Crippen LogP contribution in [0, 0.1) is 23.7 Å². The van der Waals surface area contributed by atoms with E-state index in [1.807, 2.05) is 11.3 Å². The Kier molecular flexibility index (Phi) is 8.43. The van der Waals surface area contributed by atoms with Gasteiger partial charge in [-0.15, -0.1) is 11.3 Å². The molecule has 67 heavy (non-hydrogen) atoms. The van der Waals surface area contributed by atoms with Crippen molar-refractivity contribution in [2.45, 2.75) is 82.5 Å². The maximum Gasteiger partial charge on any atom is 0.0465 e. The van der Waals surface area contributed by atoms with E-state index in [0.717, 1.165) is 23.7 Å². The first kappa shape index (κ1) is 39.9. The van der Waals surface area contributed by atoms with Gasteiger partial charge >= 0.3 is 0 Å². The number of hydrogen-bond donors (Lipinski definition) is 0. The molecule has 1 aromatic heterocycles. The molecule has 328 valence electrons. The average Bonchev–Trinajstić information content (AvgIpc) is 4.05. The molecule has 14 rings (SSSR count). The molecule has 0 radical (unpaired) electrons. The van der Waals surface area contributed by atoms with Gasteiger partial charge in [0.1, 0.15) is 0 Å². The number of benzene rings is 8. The predicted molar refractivity (Wildman–Crippen MR) is 284 cm³/mol. The maximum atomic E-state index is 2.65. The minimum atomic E-state index is -0.154. The Bertz CT molecular complexity index is 3480. The van der Waals surface area contributed by atoms with Gasteiger partial charge in [0.2, 0.25) is 0 Å². The van der Waals surface area contributed by atoms with Crippen LogP contribution in [0.3, 0.4) is 0 Å². The van der Waals surface area contributed by atoms with Gasteiger partial charge in [-0.1, -0.05) is 162 Å². The fourth-order valence-corrected chi connectivity index (χ4v) is 16.7. The van der Waals surface area contributed by atoms with Crippen molar-refractivity contribution in [3.05, 3.63) is 209 Å². The zero-order chi connectivity index (χ0) is 45.0. The van der Waals surface area contributed by atoms with E-state index in [-0.39, 0.29) is 16.2 Å². The van der Waals surface area contributed by atoms with Crippen molar-refractivity contribution < 1.29 is 0 Å². The lowest BCUT2D eigenvalue weighted by Gasteiger charge is -2.51. The second kappa shape index (κ2) is 14.2. The van der Waals surface area contributed by atoms with Crippen LogP contribution in [0.5, 0.6) is 0 Å². The second-order valence-electron chi connectivity index (χ2n) is 22.2. The lowest BCUT2D eigenvalue weighted by atomic mass is 9.53. The van der Waals surface area contributed by atoms with E-state index in [1.165, 1.54) is 119 Å². The molecule has 3 fully saturated rings. The first-order valence-corrected chi connectivity index (χ1v) is 25.8. The van der Waals surface area contributed by atoms with Crippen molar-refractivity contribution in [3.8, 4) is 33.4 Å². The second-order valence-corrected chi connectivity index (χ2v) is 23.2. The van der Waals surface area contributed by atoms with Crippen LogP contribution in [-0.2, 0) is 16.2 Å². The van der Waals surface area contributed by atoms with Crippen molar-refractivity contribution in [3.63, 3.8) is 0 Å². The molecule has 3 atom stereocenters. The lowest BCUT2D eigenvalue weighted by Crippen LogP contribution is -2.46. The molecule has 5 aliphatic rings. The lowest BCUT2D eigenvalue weighted by molar-refractivity contribution is 0.0822. The highest BCUT2D eigenvalue weighted by atomic mass is 32.1. The third kappa shape index (κ3) is 5.43. The van der Waals surface area contributed by atoms with Gasteiger partial charge in [0, 0.05) is 53.5 Å². The standard InChI is InChI=1S/C65H57NS/c1-39-33-42-35-41-36-43(34-39)65(42)56-32-30-46(38-58(56)64(4,5)55-22-12-9-18-52(55)62(41)65)66(45-29-31-50-49-17-8-11-21-54(49)63(2,3)57(50)37-45)44-27-25-40(26-28-44)47-15-6-7-16-48(47)51-20-14-24-60-61(51)53-19-10-13-23-59(53)67-60/h6-32,37-39,41-43,62H,33-36H2,1-5H3/t39?,41?,42-,43-,62?,65?/m1/s1. The first-order valence-electron chi connectivity index (χ1n) is 25.0. The van der Waals surface area contributed by atoms with E-state index in [9.17, 15) is 0 Å². The van der Waals surface area contributed by atoms with Crippen LogP contribution in [0.15, 0.2) is 176 Å². The molecular weight excluding hydrogens is 827 g/mol. The van der Waals surface area contributed by atoms with E-state index in [1.54, 1.807) is 11.1 Å². The van der Waals surface area contributed by atoms with Crippen molar-refractivity contribution in [1.29, 1.82) is 0 Å². The molecule has 0 N–H and O–H groups in total. The molecule has 2 heteroatoms. The number of hydrogen-bond acceptors (Lipinski definition) is 2. The molecule has 1 nitrogen and oxygen atoms in total. The van der Waals surface area contributed by atoms with E-state index < -0.39 is 0 Å². The smallest absolute Gasteiger partial charge is 0.0465 e. The molecule has 3 saturated carbocycles. The monoisotopic (exact) mass is 883 g/mol. The van der Waals surface area contributed by atoms with Crippen LogP contribution in [-0.4, -0.2) is 0 Å². The molecule has 2 bridgehead atoms. The Balaban J connectivity index is 0.952. The summed E-state index contributed by atoms with van der Waals surface area (Å²) in [6, 6.07) is 68.0. The minimum absolute atomic E-state index is 0.109. The number of nitrogens with zero attached hydrogens (tertiary/aromatic N) is 1. The van der Waals surface area contributed by atoms with Gasteiger partial charge in [-0.05, 0) is 171 Å². The summed E-state index contributed by atoms with van der Waals surface area (Å²) in [5, 5.41) is 2.68. The molecule has 1 unspecified atom stereocenters. The van der Waals surface area contributed by atoms with E-state index in [4.69, 9.17) is 0 Å². The third-order valence-corrected chi connectivity index (χ3v) is 19.3. The average molecular weight is 884 g/mol. The predicted octanol–water partition coefficient (Wildman–Crippen LogP) is 17.9. The molecule has 0 aliphatic heterocycles. The van der Waals surface area contributed by atoms with Gasteiger partial charge in [-0.25, -0.2) is 0 Å². The fourth-order valence-electron chi connectivity index (χ4n) is 15.6. The van der Waals surface area contributed by atoms with Crippen molar-refractivity contribution >= 4 is 48.6 Å². The first-order chi connectivity index (χ1) is 32.6. The summed E-state index contributed by atoms with van der Waals surface area (Å²) >= 11 is 1.89. The highest BCUT2D eigenvalue weighted by Crippen LogP contribution is 2.75. The highest BCUT2D eigenvalue weighted by Gasteiger charge is 2.68. The highest BCUT2D eigenvalue weighted by molar-refractivity contribution is 7.25. The van der Waals surface area contributed by atoms with Crippen LogP contribution in [0.25, 0.3) is 53.6 Å². The Labute approximate surface area is 400 Å². The molecule has 1 spiro atoms. The van der Waals surface area contributed by atoms with Crippen LogP contribution in [0.4, 0.5) is 17.1 Å². The van der Waals surface area contributed by atoms with Crippen LogP contribution in [0.2, 0.25) is 0 Å². The zero-order valence-electron chi connectivity index (χ0n) is 39.3. The molecule has 1 heterocycles. The number of rotatable bonds is 5. The van der Waals surface area contributed by atoms with Gasteiger partial charge in [0.15, 0.2) is 0 Å². The van der Waals surface area contributed by atoms with Gasteiger partial charge in [-0.3, -0.25) is 0 Å². The Morgan fingerprint density at radius 1 is 0.448 bits per heavy atom. The van der Waals surface area contributed by atoms with E-state index in [2.05, 4.69) is 215 Å². The van der Waals surface area contributed by atoms with Crippen molar-refractivity contribution in [1.82, 2.24) is 0 Å². The SMILES string of the molecule is CC1C[C@@H]2CC3C[C@@H](C1)C21c2ccc(N(c4ccc(-c5ccccc5-c5cccc6sc7ccccc7c56)cc4)c4ccc5c(c4)C(C)(C)c4ccccc4-5)cc2C(C)(C)c2ccccc2C31. The fraction of sp³-hybridized carbons (Fsp3) is 0.262. The van der Waals surface area contributed by atoms with Gasteiger partial charge < -0.3 is 4.90 Å². The summed E-state index contributed by atoms with van der Waals surface area (Å²) in [4.78, 5) is 2.57. The summed E-state index contributed by atoms with van der Waals surface area (Å²) in [7, 11) is 0. The third-order valence-electron chi connectivity index (χ3n) is 18.1. The van der Waals surface area contributed by atoms with E-state index >= 15 is 0 Å². The van der Waals surface area contributed by atoms with Crippen LogP contribution < -0.4 is 4.90 Å².